The summed E-state index contributed by atoms with van der Waals surface area (Å²) in [5, 5.41) is 11.0. The number of hydrogen-bond acceptors (Lipinski definition) is 5. The second-order valence-corrected chi connectivity index (χ2v) is 17.1. The molecule has 6 nitrogen and oxygen atoms in total. The smallest absolute Gasteiger partial charge is 0.333 e. The summed E-state index contributed by atoms with van der Waals surface area (Å²) in [7, 11) is 0. The van der Waals surface area contributed by atoms with Gasteiger partial charge in [-0.25, -0.2) is 4.79 Å². The zero-order valence-electron chi connectivity index (χ0n) is 28.4. The highest BCUT2D eigenvalue weighted by molar-refractivity contribution is 5.88. The monoisotopic (exact) mass is 596 g/mol. The van der Waals surface area contributed by atoms with Gasteiger partial charge in [-0.05, 0) is 105 Å². The van der Waals surface area contributed by atoms with Crippen LogP contribution in [-0.2, 0) is 23.9 Å². The molecule has 0 radical (unpaired) electrons. The largest absolute Gasteiger partial charge is 0.481 e. The van der Waals surface area contributed by atoms with Crippen LogP contribution < -0.4 is 0 Å². The maximum Gasteiger partial charge on any atom is 0.333 e. The molecule has 0 saturated heterocycles. The van der Waals surface area contributed by atoms with Gasteiger partial charge >= 0.3 is 17.9 Å². The van der Waals surface area contributed by atoms with Crippen LogP contribution in [0.4, 0.5) is 0 Å². The number of allylic oxidation sites excluding steroid dienone is 3. The summed E-state index contributed by atoms with van der Waals surface area (Å²) in [4.78, 5) is 38.5. The van der Waals surface area contributed by atoms with Gasteiger partial charge in [-0.15, -0.1) is 0 Å². The SMILES string of the molecule is C/C=C(/C)C(=O)O[C@@H]1CC(C)(C)CC2C3=CCC4[C@@]5(C)CC[C@H](OC(C)=O)C(C)(C)C5CC[C@@]4(C)[C@]3(C)CC[C@]21C(=O)O. The van der Waals surface area contributed by atoms with E-state index in [1.807, 2.05) is 6.92 Å². The van der Waals surface area contributed by atoms with Crippen molar-refractivity contribution in [2.24, 2.45) is 50.2 Å². The molecule has 0 aromatic rings. The minimum absolute atomic E-state index is 0.0205. The molecule has 0 amide bonds. The molecule has 0 aliphatic heterocycles. The summed E-state index contributed by atoms with van der Waals surface area (Å²) in [5.41, 5.74) is 0.449. The number of carbonyl (C=O) groups excluding carboxylic acids is 2. The molecule has 9 atom stereocenters. The van der Waals surface area contributed by atoms with Gasteiger partial charge in [-0.2, -0.15) is 0 Å². The summed E-state index contributed by atoms with van der Waals surface area (Å²) in [6.45, 7) is 21.5. The van der Waals surface area contributed by atoms with Gasteiger partial charge in [0.1, 0.15) is 17.6 Å². The van der Waals surface area contributed by atoms with Gasteiger partial charge in [0.15, 0.2) is 0 Å². The third kappa shape index (κ3) is 4.49. The lowest BCUT2D eigenvalue weighted by Crippen LogP contribution is -2.67. The van der Waals surface area contributed by atoms with Crippen molar-refractivity contribution in [1.29, 1.82) is 0 Å². The Balaban J connectivity index is 1.57. The highest BCUT2D eigenvalue weighted by atomic mass is 16.5. The standard InChI is InChI=1S/C37H56O6/c1-11-22(2)30(39)43-29-21-32(4,5)20-25-24-12-13-27-34(8)16-15-28(42-23(3)38)33(6,7)26(34)14-17-36(27,10)35(24,9)18-19-37(25,29)31(40)41/h11-12,25-29H,13-21H2,1-10H3,(H,40,41)/b22-11-/t25?,26?,27?,28-,29+,34-,35+,36+,37-/m0/s1. The maximum atomic E-state index is 13.4. The molecule has 0 bridgehead atoms. The van der Waals surface area contributed by atoms with Gasteiger partial charge in [0.05, 0.1) is 0 Å². The van der Waals surface area contributed by atoms with E-state index in [4.69, 9.17) is 9.47 Å². The quantitative estimate of drug-likeness (QED) is 0.199. The fourth-order valence-corrected chi connectivity index (χ4v) is 11.7. The van der Waals surface area contributed by atoms with Crippen molar-refractivity contribution in [2.45, 2.75) is 139 Å². The van der Waals surface area contributed by atoms with Crippen molar-refractivity contribution in [3.8, 4) is 0 Å². The molecular formula is C37H56O6. The fraction of sp³-hybridized carbons (Fsp3) is 0.811. The van der Waals surface area contributed by atoms with Crippen molar-refractivity contribution >= 4 is 17.9 Å². The molecule has 5 aliphatic carbocycles. The van der Waals surface area contributed by atoms with Crippen LogP contribution in [0.2, 0.25) is 0 Å². The van der Waals surface area contributed by atoms with Crippen LogP contribution in [0.3, 0.4) is 0 Å². The van der Waals surface area contributed by atoms with Crippen molar-refractivity contribution in [3.05, 3.63) is 23.3 Å². The molecule has 0 aromatic carbocycles. The number of carbonyl (C=O) groups is 3. The van der Waals surface area contributed by atoms with Crippen molar-refractivity contribution in [1.82, 2.24) is 0 Å². The first-order valence-corrected chi connectivity index (χ1v) is 16.8. The first-order valence-electron chi connectivity index (χ1n) is 16.8. The van der Waals surface area contributed by atoms with Gasteiger partial charge in [0, 0.05) is 23.8 Å². The zero-order chi connectivity index (χ0) is 32.0. The fourth-order valence-electron chi connectivity index (χ4n) is 11.7. The first-order chi connectivity index (χ1) is 19.8. The Hall–Kier alpha value is -2.11. The predicted octanol–water partition coefficient (Wildman–Crippen LogP) is 8.29. The molecule has 43 heavy (non-hydrogen) atoms. The highest BCUT2D eigenvalue weighted by Gasteiger charge is 2.71. The summed E-state index contributed by atoms with van der Waals surface area (Å²) in [5.74, 6) is -0.671. The van der Waals surface area contributed by atoms with Gasteiger partial charge in [-0.3, -0.25) is 9.59 Å². The van der Waals surface area contributed by atoms with E-state index >= 15 is 0 Å². The minimum Gasteiger partial charge on any atom is -0.481 e. The molecule has 6 heteroatoms. The molecule has 4 fully saturated rings. The number of carboxylic acids is 1. The number of esters is 2. The molecule has 1 N–H and O–H groups in total. The predicted molar refractivity (Wildman–Crippen MR) is 167 cm³/mol. The number of rotatable bonds is 4. The van der Waals surface area contributed by atoms with E-state index in [1.54, 1.807) is 13.0 Å². The van der Waals surface area contributed by atoms with Gasteiger partial charge in [0.25, 0.3) is 0 Å². The highest BCUT2D eigenvalue weighted by Crippen LogP contribution is 2.76. The molecule has 0 heterocycles. The molecule has 0 spiro atoms. The van der Waals surface area contributed by atoms with Gasteiger partial charge in [-0.1, -0.05) is 66.2 Å². The van der Waals surface area contributed by atoms with E-state index in [9.17, 15) is 19.5 Å². The zero-order valence-corrected chi connectivity index (χ0v) is 28.4. The Kier molecular flexibility index (Phi) is 7.66. The average molecular weight is 597 g/mol. The Labute approximate surface area is 259 Å². The summed E-state index contributed by atoms with van der Waals surface area (Å²) < 4.78 is 12.0. The van der Waals surface area contributed by atoms with Crippen LogP contribution in [-0.4, -0.2) is 35.2 Å². The normalized spacial score (nSPS) is 44.8. The summed E-state index contributed by atoms with van der Waals surface area (Å²) in [6.07, 6.45) is 11.1. The van der Waals surface area contributed by atoms with Crippen molar-refractivity contribution in [2.75, 3.05) is 0 Å². The summed E-state index contributed by atoms with van der Waals surface area (Å²) in [6, 6.07) is 0. The molecule has 3 unspecified atom stereocenters. The topological polar surface area (TPSA) is 89.9 Å². The number of aliphatic carboxylic acids is 1. The lowest BCUT2D eigenvalue weighted by molar-refractivity contribution is -0.219. The molecule has 5 rings (SSSR count). The second kappa shape index (κ2) is 10.2. The van der Waals surface area contributed by atoms with Crippen LogP contribution in [0.1, 0.15) is 127 Å². The van der Waals surface area contributed by atoms with Crippen LogP contribution in [0, 0.1) is 50.2 Å². The van der Waals surface area contributed by atoms with Crippen LogP contribution >= 0.6 is 0 Å². The third-order valence-electron chi connectivity index (χ3n) is 14.3. The average Bonchev–Trinajstić information content (AvgIpc) is 2.89. The Bertz CT molecular complexity index is 1260. The number of carboxylic acid groups (broad SMARTS) is 1. The van der Waals surface area contributed by atoms with E-state index in [-0.39, 0.29) is 45.1 Å². The van der Waals surface area contributed by atoms with Crippen molar-refractivity contribution in [3.63, 3.8) is 0 Å². The molecule has 4 saturated carbocycles. The number of hydrogen-bond donors (Lipinski definition) is 1. The Morgan fingerprint density at radius 3 is 2.14 bits per heavy atom. The number of fused-ring (bicyclic) bond motifs is 7. The van der Waals surface area contributed by atoms with Crippen molar-refractivity contribution < 1.29 is 29.0 Å². The summed E-state index contributed by atoms with van der Waals surface area (Å²) >= 11 is 0. The van der Waals surface area contributed by atoms with Crippen LogP contribution in [0.15, 0.2) is 23.3 Å². The Morgan fingerprint density at radius 2 is 1.53 bits per heavy atom. The van der Waals surface area contributed by atoms with Gasteiger partial charge in [0.2, 0.25) is 0 Å². The molecule has 0 aromatic heterocycles. The lowest BCUT2D eigenvalue weighted by atomic mass is 9.33. The maximum absolute atomic E-state index is 13.4. The van der Waals surface area contributed by atoms with E-state index in [0.29, 0.717) is 30.3 Å². The van der Waals surface area contributed by atoms with E-state index in [1.165, 1.54) is 12.5 Å². The first kappa shape index (κ1) is 32.3. The van der Waals surface area contributed by atoms with Crippen LogP contribution in [0.25, 0.3) is 0 Å². The molecule has 5 aliphatic rings. The third-order valence-corrected chi connectivity index (χ3v) is 14.3. The van der Waals surface area contributed by atoms with E-state index in [2.05, 4.69) is 54.5 Å². The number of ether oxygens (including phenoxy) is 2. The van der Waals surface area contributed by atoms with E-state index in [0.717, 1.165) is 44.9 Å². The minimum atomic E-state index is -1.11. The molecule has 240 valence electrons. The second-order valence-electron chi connectivity index (χ2n) is 17.1. The van der Waals surface area contributed by atoms with E-state index < -0.39 is 23.5 Å². The Morgan fingerprint density at radius 1 is 0.860 bits per heavy atom. The molecular weight excluding hydrogens is 540 g/mol. The van der Waals surface area contributed by atoms with Crippen LogP contribution in [0.5, 0.6) is 0 Å². The van der Waals surface area contributed by atoms with Gasteiger partial charge < -0.3 is 14.6 Å². The lowest BCUT2D eigenvalue weighted by Gasteiger charge is -2.71.